The van der Waals surface area contributed by atoms with Gasteiger partial charge in [0.2, 0.25) is 5.95 Å². The van der Waals surface area contributed by atoms with E-state index in [0.717, 1.165) is 41.9 Å². The highest BCUT2D eigenvalue weighted by Crippen LogP contribution is 2.28. The van der Waals surface area contributed by atoms with Crippen molar-refractivity contribution in [1.82, 2.24) is 15.3 Å². The monoisotopic (exact) mass is 472 g/mol. The molecule has 0 amide bonds. The SMILES string of the molecule is C[C@H]1CCCCN1c1cc(N2CCCCCC2)nc(NC(=S)NCc2ccc(Cl)cc2)n1. The number of thiocarbonyl (C=S) groups is 1. The van der Waals surface area contributed by atoms with Crippen LogP contribution >= 0.6 is 23.8 Å². The molecule has 172 valence electrons. The predicted octanol–water partition coefficient (Wildman–Crippen LogP) is 5.38. The third kappa shape index (κ3) is 6.23. The Balaban J connectivity index is 1.51. The third-order valence-corrected chi connectivity index (χ3v) is 6.82. The number of benzene rings is 1. The Hall–Kier alpha value is -2.12. The molecule has 2 aliphatic heterocycles. The van der Waals surface area contributed by atoms with Crippen LogP contribution in [0.25, 0.3) is 0 Å². The summed E-state index contributed by atoms with van der Waals surface area (Å²) in [6, 6.07) is 10.4. The summed E-state index contributed by atoms with van der Waals surface area (Å²) < 4.78 is 0. The van der Waals surface area contributed by atoms with Crippen LogP contribution in [0.1, 0.15) is 57.4 Å². The molecule has 1 aromatic heterocycles. The average molecular weight is 473 g/mol. The summed E-state index contributed by atoms with van der Waals surface area (Å²) in [5.41, 5.74) is 1.11. The van der Waals surface area contributed by atoms with E-state index in [2.05, 4.69) is 33.4 Å². The zero-order valence-corrected chi connectivity index (χ0v) is 20.4. The second-order valence-corrected chi connectivity index (χ2v) is 9.63. The van der Waals surface area contributed by atoms with Gasteiger partial charge in [0.05, 0.1) is 0 Å². The smallest absolute Gasteiger partial charge is 0.232 e. The molecule has 8 heteroatoms. The van der Waals surface area contributed by atoms with Crippen LogP contribution in [0.2, 0.25) is 5.02 Å². The van der Waals surface area contributed by atoms with Gasteiger partial charge in [-0.1, -0.05) is 36.6 Å². The first-order valence-electron chi connectivity index (χ1n) is 11.8. The molecule has 2 fully saturated rings. The Kier molecular flexibility index (Phi) is 8.03. The molecule has 3 heterocycles. The highest BCUT2D eigenvalue weighted by Gasteiger charge is 2.22. The van der Waals surface area contributed by atoms with Gasteiger partial charge in [0, 0.05) is 43.3 Å². The van der Waals surface area contributed by atoms with E-state index in [4.69, 9.17) is 33.8 Å². The van der Waals surface area contributed by atoms with Crippen LogP contribution in [0.3, 0.4) is 0 Å². The lowest BCUT2D eigenvalue weighted by molar-refractivity contribution is 0.481. The highest BCUT2D eigenvalue weighted by molar-refractivity contribution is 7.80. The van der Waals surface area contributed by atoms with Crippen LogP contribution in [0.5, 0.6) is 0 Å². The fourth-order valence-corrected chi connectivity index (χ4v) is 4.75. The van der Waals surface area contributed by atoms with Gasteiger partial charge in [-0.3, -0.25) is 0 Å². The summed E-state index contributed by atoms with van der Waals surface area (Å²) in [7, 11) is 0. The van der Waals surface area contributed by atoms with E-state index in [1.165, 1.54) is 44.9 Å². The van der Waals surface area contributed by atoms with Gasteiger partial charge in [0.15, 0.2) is 5.11 Å². The first kappa shape index (κ1) is 23.1. The zero-order valence-electron chi connectivity index (χ0n) is 18.8. The summed E-state index contributed by atoms with van der Waals surface area (Å²) in [4.78, 5) is 14.5. The molecule has 1 atom stereocenters. The highest BCUT2D eigenvalue weighted by atomic mass is 35.5. The first-order chi connectivity index (χ1) is 15.6. The minimum atomic E-state index is 0.485. The number of anilines is 3. The normalized spacial score (nSPS) is 19.4. The fourth-order valence-electron chi connectivity index (χ4n) is 4.46. The van der Waals surface area contributed by atoms with Crippen molar-refractivity contribution >= 4 is 46.5 Å². The molecular weight excluding hydrogens is 440 g/mol. The Morgan fingerprint density at radius 1 is 1.00 bits per heavy atom. The number of halogens is 1. The molecule has 4 rings (SSSR count). The summed E-state index contributed by atoms with van der Waals surface area (Å²) in [6.45, 7) is 6.04. The quantitative estimate of drug-likeness (QED) is 0.567. The van der Waals surface area contributed by atoms with Crippen molar-refractivity contribution in [1.29, 1.82) is 0 Å². The van der Waals surface area contributed by atoms with Crippen LogP contribution in [0.15, 0.2) is 30.3 Å². The first-order valence-corrected chi connectivity index (χ1v) is 12.6. The molecule has 0 radical (unpaired) electrons. The predicted molar refractivity (Wildman–Crippen MR) is 138 cm³/mol. The summed E-state index contributed by atoms with van der Waals surface area (Å²) in [5.74, 6) is 2.56. The lowest BCUT2D eigenvalue weighted by Crippen LogP contribution is -2.38. The molecule has 6 nitrogen and oxygen atoms in total. The van der Waals surface area contributed by atoms with E-state index in [0.29, 0.717) is 23.6 Å². The van der Waals surface area contributed by atoms with Crippen LogP contribution in [0, 0.1) is 0 Å². The van der Waals surface area contributed by atoms with Gasteiger partial charge in [0.1, 0.15) is 11.6 Å². The molecule has 2 saturated heterocycles. The van der Waals surface area contributed by atoms with Crippen LogP contribution in [-0.2, 0) is 6.54 Å². The molecule has 0 bridgehead atoms. The van der Waals surface area contributed by atoms with Crippen molar-refractivity contribution in [3.8, 4) is 0 Å². The molecule has 1 aromatic carbocycles. The minimum absolute atomic E-state index is 0.485. The van der Waals surface area contributed by atoms with Crippen molar-refractivity contribution < 1.29 is 0 Å². The maximum atomic E-state index is 5.98. The van der Waals surface area contributed by atoms with Crippen molar-refractivity contribution in [3.05, 3.63) is 40.9 Å². The van der Waals surface area contributed by atoms with Crippen LogP contribution in [-0.4, -0.2) is 40.8 Å². The molecule has 2 aromatic rings. The zero-order chi connectivity index (χ0) is 22.3. The Morgan fingerprint density at radius 2 is 1.69 bits per heavy atom. The Bertz CT molecular complexity index is 898. The number of rotatable bonds is 5. The summed E-state index contributed by atoms with van der Waals surface area (Å²) in [5, 5.41) is 7.73. The van der Waals surface area contributed by atoms with Gasteiger partial charge in [0.25, 0.3) is 0 Å². The lowest BCUT2D eigenvalue weighted by atomic mass is 10.0. The van der Waals surface area contributed by atoms with Gasteiger partial charge in [-0.25, -0.2) is 0 Å². The van der Waals surface area contributed by atoms with Crippen LogP contribution in [0.4, 0.5) is 17.6 Å². The van der Waals surface area contributed by atoms with Gasteiger partial charge >= 0.3 is 0 Å². The molecule has 0 unspecified atom stereocenters. The fraction of sp³-hybridized carbons (Fsp3) is 0.542. The van der Waals surface area contributed by atoms with Crippen molar-refractivity contribution in [2.75, 3.05) is 34.8 Å². The maximum absolute atomic E-state index is 5.98. The number of hydrogen-bond acceptors (Lipinski definition) is 5. The van der Waals surface area contributed by atoms with Gasteiger partial charge in [-0.15, -0.1) is 0 Å². The maximum Gasteiger partial charge on any atom is 0.232 e. The van der Waals surface area contributed by atoms with Crippen molar-refractivity contribution in [2.45, 2.75) is 64.5 Å². The van der Waals surface area contributed by atoms with Gasteiger partial charge in [-0.05, 0) is 68.9 Å². The largest absolute Gasteiger partial charge is 0.358 e. The van der Waals surface area contributed by atoms with E-state index >= 15 is 0 Å². The number of hydrogen-bond donors (Lipinski definition) is 2. The standard InChI is InChI=1S/C24H33ClN6S/c1-18-8-4-7-15-31(18)22-16-21(30-13-5-2-3-6-14-30)27-23(28-22)29-24(32)26-17-19-9-11-20(25)12-10-19/h9-12,16,18H,2-8,13-15,17H2,1H3,(H2,26,27,28,29,32)/t18-/m0/s1. The number of aromatic nitrogens is 2. The molecular formula is C24H33ClN6S. The topological polar surface area (TPSA) is 56.3 Å². The second kappa shape index (κ2) is 11.1. The number of nitrogens with one attached hydrogen (secondary N) is 2. The molecule has 0 saturated carbocycles. The molecule has 0 spiro atoms. The van der Waals surface area contributed by atoms with Crippen LogP contribution < -0.4 is 20.4 Å². The van der Waals surface area contributed by atoms with E-state index < -0.39 is 0 Å². The molecule has 0 aliphatic carbocycles. The third-order valence-electron chi connectivity index (χ3n) is 6.32. The average Bonchev–Trinajstić information content (AvgIpc) is 3.08. The molecule has 2 N–H and O–H groups in total. The van der Waals surface area contributed by atoms with E-state index in [-0.39, 0.29) is 0 Å². The Morgan fingerprint density at radius 3 is 2.41 bits per heavy atom. The number of nitrogens with zero attached hydrogens (tertiary/aromatic N) is 4. The Labute approximate surface area is 201 Å². The summed E-state index contributed by atoms with van der Waals surface area (Å²) in [6.07, 6.45) is 8.70. The van der Waals surface area contributed by atoms with Crippen molar-refractivity contribution in [3.63, 3.8) is 0 Å². The van der Waals surface area contributed by atoms with E-state index in [1.54, 1.807) is 0 Å². The summed E-state index contributed by atoms with van der Waals surface area (Å²) >= 11 is 11.5. The van der Waals surface area contributed by atoms with Gasteiger partial charge < -0.3 is 20.4 Å². The van der Waals surface area contributed by atoms with Gasteiger partial charge in [-0.2, -0.15) is 9.97 Å². The minimum Gasteiger partial charge on any atom is -0.358 e. The van der Waals surface area contributed by atoms with Crippen molar-refractivity contribution in [2.24, 2.45) is 0 Å². The van der Waals surface area contributed by atoms with E-state index in [1.807, 2.05) is 24.3 Å². The lowest BCUT2D eigenvalue weighted by Gasteiger charge is -2.35. The molecule has 32 heavy (non-hydrogen) atoms. The second-order valence-electron chi connectivity index (χ2n) is 8.78. The number of piperidine rings is 1. The molecule has 2 aliphatic rings. The van der Waals surface area contributed by atoms with E-state index in [9.17, 15) is 0 Å².